The highest BCUT2D eigenvalue weighted by atomic mass is 16.2. The second kappa shape index (κ2) is 8.92. The zero-order valence-corrected chi connectivity index (χ0v) is 12.9. The quantitative estimate of drug-likeness (QED) is 0.671. The van der Waals surface area contributed by atoms with Crippen molar-refractivity contribution in [3.05, 3.63) is 0 Å². The number of hydrogen-bond acceptors (Lipinski definition) is 4. The number of nitrogens with zero attached hydrogens (tertiary/aromatic N) is 2. The molecule has 0 aromatic heterocycles. The number of nitrogens with one attached hydrogen (secondary N) is 2. The molecule has 1 rings (SSSR count). The van der Waals surface area contributed by atoms with E-state index in [0.717, 1.165) is 39.1 Å². The first-order chi connectivity index (χ1) is 9.63. The maximum atomic E-state index is 11.9. The predicted molar refractivity (Wildman–Crippen MR) is 79.5 cm³/mol. The van der Waals surface area contributed by atoms with E-state index in [1.807, 2.05) is 18.7 Å². The number of hydrogen-bond donors (Lipinski definition) is 2. The minimum Gasteiger partial charge on any atom is -0.358 e. The first-order valence-electron chi connectivity index (χ1n) is 7.58. The van der Waals surface area contributed by atoms with Crippen molar-refractivity contribution in [2.45, 2.75) is 32.7 Å². The lowest BCUT2D eigenvalue weighted by Gasteiger charge is -2.34. The Labute approximate surface area is 121 Å². The lowest BCUT2D eigenvalue weighted by atomic mass is 10.1. The van der Waals surface area contributed by atoms with Crippen LogP contribution in [0.25, 0.3) is 0 Å². The second-order valence-electron chi connectivity index (χ2n) is 5.04. The Balaban J connectivity index is 2.38. The lowest BCUT2D eigenvalue weighted by molar-refractivity contribution is -0.131. The summed E-state index contributed by atoms with van der Waals surface area (Å²) in [5, 5.41) is 5.94. The molecule has 2 N–H and O–H groups in total. The van der Waals surface area contributed by atoms with Crippen LogP contribution in [0.1, 0.15) is 26.7 Å². The largest absolute Gasteiger partial charge is 0.358 e. The van der Waals surface area contributed by atoms with E-state index < -0.39 is 0 Å². The number of rotatable bonds is 7. The molecule has 6 nitrogen and oxygen atoms in total. The fourth-order valence-electron chi connectivity index (χ4n) is 2.61. The predicted octanol–water partition coefficient (Wildman–Crippen LogP) is -0.345. The molecule has 116 valence electrons. The molecule has 0 saturated carbocycles. The van der Waals surface area contributed by atoms with Gasteiger partial charge < -0.3 is 15.5 Å². The van der Waals surface area contributed by atoms with Crippen LogP contribution in [0.5, 0.6) is 0 Å². The number of carbonyl (C=O) groups excluding carboxylic acids is 2. The maximum absolute atomic E-state index is 11.9. The molecule has 1 saturated heterocycles. The van der Waals surface area contributed by atoms with E-state index in [9.17, 15) is 9.59 Å². The van der Waals surface area contributed by atoms with Gasteiger partial charge in [0, 0.05) is 46.2 Å². The Bertz CT molecular complexity index is 318. The first kappa shape index (κ1) is 16.9. The molecule has 1 heterocycles. The Morgan fingerprint density at radius 2 is 2.05 bits per heavy atom. The van der Waals surface area contributed by atoms with Crippen molar-refractivity contribution in [2.75, 3.05) is 46.3 Å². The van der Waals surface area contributed by atoms with Gasteiger partial charge >= 0.3 is 0 Å². The summed E-state index contributed by atoms with van der Waals surface area (Å²) < 4.78 is 0. The van der Waals surface area contributed by atoms with Crippen molar-refractivity contribution < 1.29 is 9.59 Å². The van der Waals surface area contributed by atoms with Crippen LogP contribution < -0.4 is 10.6 Å². The Kier molecular flexibility index (Phi) is 7.54. The molecular weight excluding hydrogens is 256 g/mol. The summed E-state index contributed by atoms with van der Waals surface area (Å²) in [5.41, 5.74) is 0. The average molecular weight is 284 g/mol. The molecule has 1 fully saturated rings. The SMILES string of the molecule is CCN(CC)C(=O)CCCN1CCNCC1C(=O)NC. The van der Waals surface area contributed by atoms with Crippen molar-refractivity contribution in [1.29, 1.82) is 0 Å². The number of piperazine rings is 1. The Morgan fingerprint density at radius 1 is 1.35 bits per heavy atom. The zero-order valence-electron chi connectivity index (χ0n) is 12.9. The smallest absolute Gasteiger partial charge is 0.238 e. The van der Waals surface area contributed by atoms with Gasteiger partial charge in [0.25, 0.3) is 0 Å². The van der Waals surface area contributed by atoms with Crippen LogP contribution in [0.4, 0.5) is 0 Å². The van der Waals surface area contributed by atoms with E-state index in [1.165, 1.54) is 0 Å². The number of amides is 2. The zero-order chi connectivity index (χ0) is 15.0. The van der Waals surface area contributed by atoms with Crippen LogP contribution in [0.15, 0.2) is 0 Å². The summed E-state index contributed by atoms with van der Waals surface area (Å²) in [7, 11) is 1.67. The molecule has 6 heteroatoms. The maximum Gasteiger partial charge on any atom is 0.238 e. The molecule has 0 aromatic carbocycles. The number of carbonyl (C=O) groups is 2. The molecule has 20 heavy (non-hydrogen) atoms. The van der Waals surface area contributed by atoms with Crippen LogP contribution in [0.3, 0.4) is 0 Å². The number of likely N-dealkylation sites (N-methyl/N-ethyl adjacent to an activating group) is 1. The lowest BCUT2D eigenvalue weighted by Crippen LogP contribution is -2.57. The van der Waals surface area contributed by atoms with Crippen LogP contribution in [-0.2, 0) is 9.59 Å². The van der Waals surface area contributed by atoms with Gasteiger partial charge in [0.1, 0.15) is 6.04 Å². The second-order valence-corrected chi connectivity index (χ2v) is 5.04. The highest BCUT2D eigenvalue weighted by Gasteiger charge is 2.27. The molecule has 0 bridgehead atoms. The van der Waals surface area contributed by atoms with Gasteiger partial charge in [-0.2, -0.15) is 0 Å². The molecular formula is C14H28N4O2. The van der Waals surface area contributed by atoms with Crippen LogP contribution in [0, 0.1) is 0 Å². The molecule has 1 aliphatic rings. The van der Waals surface area contributed by atoms with E-state index in [4.69, 9.17) is 0 Å². The van der Waals surface area contributed by atoms with Crippen molar-refractivity contribution in [3.63, 3.8) is 0 Å². The average Bonchev–Trinajstić information content (AvgIpc) is 2.48. The Hall–Kier alpha value is -1.14. The molecule has 1 aliphatic heterocycles. The third-order valence-electron chi connectivity index (χ3n) is 3.86. The summed E-state index contributed by atoms with van der Waals surface area (Å²) in [4.78, 5) is 27.8. The van der Waals surface area contributed by atoms with Crippen molar-refractivity contribution >= 4 is 11.8 Å². The van der Waals surface area contributed by atoms with Gasteiger partial charge in [-0.05, 0) is 26.8 Å². The molecule has 0 aliphatic carbocycles. The molecule has 1 atom stereocenters. The van der Waals surface area contributed by atoms with E-state index in [2.05, 4.69) is 15.5 Å². The summed E-state index contributed by atoms with van der Waals surface area (Å²) >= 11 is 0. The third kappa shape index (κ3) is 4.76. The van der Waals surface area contributed by atoms with Crippen LogP contribution in [-0.4, -0.2) is 74.0 Å². The minimum absolute atomic E-state index is 0.0484. The topological polar surface area (TPSA) is 64.7 Å². The highest BCUT2D eigenvalue weighted by Crippen LogP contribution is 2.07. The van der Waals surface area contributed by atoms with Crippen molar-refractivity contribution in [3.8, 4) is 0 Å². The van der Waals surface area contributed by atoms with Gasteiger partial charge in [0.2, 0.25) is 11.8 Å². The van der Waals surface area contributed by atoms with E-state index in [0.29, 0.717) is 13.0 Å². The fourth-order valence-corrected chi connectivity index (χ4v) is 2.61. The molecule has 2 amide bonds. The molecule has 0 aromatic rings. The fraction of sp³-hybridized carbons (Fsp3) is 0.857. The standard InChI is InChI=1S/C14H28N4O2/c1-4-17(5-2)13(19)7-6-9-18-10-8-16-11-12(18)14(20)15-3/h12,16H,4-11H2,1-3H3,(H,15,20). The van der Waals surface area contributed by atoms with Gasteiger partial charge in [-0.1, -0.05) is 0 Å². The van der Waals surface area contributed by atoms with Crippen molar-refractivity contribution in [2.24, 2.45) is 0 Å². The van der Waals surface area contributed by atoms with Crippen LogP contribution in [0.2, 0.25) is 0 Å². The Morgan fingerprint density at radius 3 is 2.65 bits per heavy atom. The van der Waals surface area contributed by atoms with E-state index in [1.54, 1.807) is 7.05 Å². The van der Waals surface area contributed by atoms with Crippen LogP contribution >= 0.6 is 0 Å². The van der Waals surface area contributed by atoms with Gasteiger partial charge in [0.05, 0.1) is 0 Å². The van der Waals surface area contributed by atoms with Gasteiger partial charge in [0.15, 0.2) is 0 Å². The van der Waals surface area contributed by atoms with E-state index >= 15 is 0 Å². The summed E-state index contributed by atoms with van der Waals surface area (Å²) in [5.74, 6) is 0.258. The molecule has 0 radical (unpaired) electrons. The summed E-state index contributed by atoms with van der Waals surface area (Å²) in [6.45, 7) is 8.78. The highest BCUT2D eigenvalue weighted by molar-refractivity contribution is 5.81. The van der Waals surface area contributed by atoms with Gasteiger partial charge in [-0.25, -0.2) is 0 Å². The molecule has 0 spiro atoms. The summed E-state index contributed by atoms with van der Waals surface area (Å²) in [6.07, 6.45) is 1.37. The monoisotopic (exact) mass is 284 g/mol. The van der Waals surface area contributed by atoms with Gasteiger partial charge in [-0.15, -0.1) is 0 Å². The van der Waals surface area contributed by atoms with Crippen molar-refractivity contribution in [1.82, 2.24) is 20.4 Å². The third-order valence-corrected chi connectivity index (χ3v) is 3.86. The van der Waals surface area contributed by atoms with E-state index in [-0.39, 0.29) is 17.9 Å². The minimum atomic E-state index is -0.114. The normalized spacial score (nSPS) is 19.6. The summed E-state index contributed by atoms with van der Waals surface area (Å²) in [6, 6.07) is -0.114. The van der Waals surface area contributed by atoms with Gasteiger partial charge in [-0.3, -0.25) is 14.5 Å². The first-order valence-corrected chi connectivity index (χ1v) is 7.58. The molecule has 1 unspecified atom stereocenters.